The van der Waals surface area contributed by atoms with Gasteiger partial charge in [-0.25, -0.2) is 0 Å². The third-order valence-electron chi connectivity index (χ3n) is 3.53. The number of hydrogen-bond acceptors (Lipinski definition) is 1. The number of rotatable bonds is 2. The predicted octanol–water partition coefficient (Wildman–Crippen LogP) is 3.59. The van der Waals surface area contributed by atoms with Crippen LogP contribution in [-0.2, 0) is 13.0 Å². The van der Waals surface area contributed by atoms with Crippen molar-refractivity contribution in [1.82, 2.24) is 0 Å². The molecule has 2 aromatic rings. The predicted molar refractivity (Wildman–Crippen MR) is 75.3 cm³/mol. The molecule has 0 aromatic heterocycles. The summed E-state index contributed by atoms with van der Waals surface area (Å²) in [5, 5.41) is 8.25. The van der Waals surface area contributed by atoms with Gasteiger partial charge in [-0.05, 0) is 29.7 Å². The van der Waals surface area contributed by atoms with Crippen molar-refractivity contribution in [3.8, 4) is 0 Å². The summed E-state index contributed by atoms with van der Waals surface area (Å²) in [6.45, 7) is 2.96. The lowest BCUT2D eigenvalue weighted by atomic mass is 10.1. The van der Waals surface area contributed by atoms with Crippen molar-refractivity contribution in [3.63, 3.8) is 0 Å². The molecule has 2 nitrogen and oxygen atoms in total. The molecule has 1 aliphatic heterocycles. The number of benzene rings is 2. The van der Waals surface area contributed by atoms with Crippen LogP contribution in [-0.4, -0.2) is 5.84 Å². The number of nitrogens with zero attached hydrogens (tertiary/aromatic N) is 1. The number of anilines is 1. The van der Waals surface area contributed by atoms with E-state index in [9.17, 15) is 0 Å². The van der Waals surface area contributed by atoms with Gasteiger partial charge in [0.05, 0.1) is 6.54 Å². The Bertz CT molecular complexity index is 584. The van der Waals surface area contributed by atoms with Gasteiger partial charge in [0.1, 0.15) is 5.84 Å². The van der Waals surface area contributed by atoms with Gasteiger partial charge in [0.25, 0.3) is 0 Å². The molecule has 0 aliphatic carbocycles. The molecule has 2 aromatic carbocycles. The van der Waals surface area contributed by atoms with Gasteiger partial charge in [-0.2, -0.15) is 0 Å². The molecular formula is C16H16N2. The quantitative estimate of drug-likeness (QED) is 0.847. The van der Waals surface area contributed by atoms with E-state index in [1.807, 2.05) is 18.2 Å². The Morgan fingerprint density at radius 1 is 1.06 bits per heavy atom. The van der Waals surface area contributed by atoms with E-state index in [1.165, 1.54) is 11.1 Å². The summed E-state index contributed by atoms with van der Waals surface area (Å²) < 4.78 is 0. The Morgan fingerprint density at radius 3 is 2.44 bits per heavy atom. The molecule has 3 rings (SSSR count). The minimum atomic E-state index is 0.606. The number of fused-ring (bicyclic) bond motifs is 1. The van der Waals surface area contributed by atoms with E-state index in [4.69, 9.17) is 5.41 Å². The van der Waals surface area contributed by atoms with Gasteiger partial charge in [-0.15, -0.1) is 0 Å². The van der Waals surface area contributed by atoms with E-state index in [2.05, 4.69) is 42.2 Å². The highest BCUT2D eigenvalue weighted by Gasteiger charge is 2.24. The number of amidine groups is 1. The van der Waals surface area contributed by atoms with Crippen molar-refractivity contribution in [3.05, 3.63) is 65.2 Å². The molecule has 1 aliphatic rings. The zero-order valence-electron chi connectivity index (χ0n) is 10.5. The van der Waals surface area contributed by atoms with Crippen molar-refractivity contribution < 1.29 is 0 Å². The smallest absolute Gasteiger partial charge is 0.133 e. The average molecular weight is 236 g/mol. The van der Waals surface area contributed by atoms with Gasteiger partial charge in [-0.1, -0.05) is 43.3 Å². The van der Waals surface area contributed by atoms with E-state index in [0.717, 1.165) is 24.2 Å². The zero-order valence-corrected chi connectivity index (χ0v) is 10.5. The number of nitrogens with one attached hydrogen (secondary N) is 1. The van der Waals surface area contributed by atoms with E-state index in [-0.39, 0.29) is 0 Å². The van der Waals surface area contributed by atoms with Gasteiger partial charge in [0.2, 0.25) is 0 Å². The molecule has 0 amide bonds. The summed E-state index contributed by atoms with van der Waals surface area (Å²) in [7, 11) is 0. The zero-order chi connectivity index (χ0) is 12.5. The van der Waals surface area contributed by atoms with E-state index in [1.54, 1.807) is 0 Å². The lowest BCUT2D eigenvalue weighted by Gasteiger charge is -2.18. The van der Waals surface area contributed by atoms with Crippen LogP contribution in [0.15, 0.2) is 48.5 Å². The highest BCUT2D eigenvalue weighted by molar-refractivity contribution is 6.11. The normalized spacial score (nSPS) is 13.8. The highest BCUT2D eigenvalue weighted by atomic mass is 15.2. The second-order valence-electron chi connectivity index (χ2n) is 4.61. The molecule has 0 unspecified atom stereocenters. The van der Waals surface area contributed by atoms with Gasteiger partial charge in [0, 0.05) is 11.3 Å². The van der Waals surface area contributed by atoms with Crippen molar-refractivity contribution in [1.29, 1.82) is 5.41 Å². The summed E-state index contributed by atoms with van der Waals surface area (Å²) in [5.41, 5.74) is 4.73. The summed E-state index contributed by atoms with van der Waals surface area (Å²) in [5.74, 6) is 0.606. The fraction of sp³-hybridized carbons (Fsp3) is 0.188. The molecule has 0 saturated carbocycles. The summed E-state index contributed by atoms with van der Waals surface area (Å²) in [6, 6.07) is 16.7. The van der Waals surface area contributed by atoms with Crippen LogP contribution in [0, 0.1) is 5.41 Å². The van der Waals surface area contributed by atoms with Gasteiger partial charge in [-0.3, -0.25) is 5.41 Å². The lowest BCUT2D eigenvalue weighted by Crippen LogP contribution is -2.22. The Morgan fingerprint density at radius 2 is 1.78 bits per heavy atom. The summed E-state index contributed by atoms with van der Waals surface area (Å²) >= 11 is 0. The third kappa shape index (κ3) is 1.70. The molecule has 0 bridgehead atoms. The molecule has 0 spiro atoms. The van der Waals surface area contributed by atoms with Crippen LogP contribution in [0.1, 0.15) is 23.6 Å². The Balaban J connectivity index is 1.93. The first kappa shape index (κ1) is 11.0. The summed E-state index contributed by atoms with van der Waals surface area (Å²) in [6.07, 6.45) is 1.05. The minimum absolute atomic E-state index is 0.606. The van der Waals surface area contributed by atoms with E-state index in [0.29, 0.717) is 5.84 Å². The van der Waals surface area contributed by atoms with Crippen LogP contribution in [0.5, 0.6) is 0 Å². The van der Waals surface area contributed by atoms with Crippen LogP contribution in [0.25, 0.3) is 0 Å². The van der Waals surface area contributed by atoms with Crippen LogP contribution in [0.3, 0.4) is 0 Å². The first-order valence-electron chi connectivity index (χ1n) is 6.33. The largest absolute Gasteiger partial charge is 0.322 e. The molecule has 0 atom stereocenters. The van der Waals surface area contributed by atoms with Crippen LogP contribution >= 0.6 is 0 Å². The maximum absolute atomic E-state index is 8.25. The van der Waals surface area contributed by atoms with Crippen LogP contribution in [0.4, 0.5) is 5.69 Å². The second-order valence-corrected chi connectivity index (χ2v) is 4.61. The molecule has 1 heterocycles. The Labute approximate surface area is 107 Å². The lowest BCUT2D eigenvalue weighted by molar-refractivity contribution is 1.04. The fourth-order valence-corrected chi connectivity index (χ4v) is 2.42. The van der Waals surface area contributed by atoms with Crippen LogP contribution < -0.4 is 4.90 Å². The Kier molecular flexibility index (Phi) is 2.63. The highest BCUT2D eigenvalue weighted by Crippen LogP contribution is 2.28. The first-order valence-corrected chi connectivity index (χ1v) is 6.33. The minimum Gasteiger partial charge on any atom is -0.322 e. The van der Waals surface area contributed by atoms with Crippen molar-refractivity contribution in [2.45, 2.75) is 19.9 Å². The monoisotopic (exact) mass is 236 g/mol. The standard InChI is InChI=1S/C16H16N2/c1-2-12-7-9-14(10-8-12)18-11-13-5-3-4-6-15(13)16(18)17/h3-10,17H,2,11H2,1H3. The second kappa shape index (κ2) is 4.30. The van der Waals surface area contributed by atoms with Crippen molar-refractivity contribution in [2.24, 2.45) is 0 Å². The fourth-order valence-electron chi connectivity index (χ4n) is 2.42. The molecule has 18 heavy (non-hydrogen) atoms. The van der Waals surface area contributed by atoms with Crippen molar-refractivity contribution >= 4 is 11.5 Å². The molecule has 0 saturated heterocycles. The molecule has 0 fully saturated rings. The molecule has 2 heteroatoms. The topological polar surface area (TPSA) is 27.1 Å². The molecule has 0 radical (unpaired) electrons. The van der Waals surface area contributed by atoms with Gasteiger partial charge >= 0.3 is 0 Å². The Hall–Kier alpha value is -2.09. The third-order valence-corrected chi connectivity index (χ3v) is 3.53. The van der Waals surface area contributed by atoms with E-state index < -0.39 is 0 Å². The number of hydrogen-bond donors (Lipinski definition) is 1. The average Bonchev–Trinajstić information content (AvgIpc) is 2.77. The SMILES string of the molecule is CCc1ccc(N2Cc3ccccc3C2=N)cc1. The van der Waals surface area contributed by atoms with Crippen molar-refractivity contribution in [2.75, 3.05) is 4.90 Å². The summed E-state index contributed by atoms with van der Waals surface area (Å²) in [4.78, 5) is 2.06. The van der Waals surface area contributed by atoms with Gasteiger partial charge < -0.3 is 4.90 Å². The molecule has 1 N–H and O–H groups in total. The van der Waals surface area contributed by atoms with Gasteiger partial charge in [0.15, 0.2) is 0 Å². The number of aryl methyl sites for hydroxylation is 1. The van der Waals surface area contributed by atoms with Crippen LogP contribution in [0.2, 0.25) is 0 Å². The first-order chi connectivity index (χ1) is 8.79. The molecule has 90 valence electrons. The maximum atomic E-state index is 8.25. The maximum Gasteiger partial charge on any atom is 0.133 e. The van der Waals surface area contributed by atoms with E-state index >= 15 is 0 Å². The molecular weight excluding hydrogens is 220 g/mol.